The molecule has 0 saturated heterocycles. The third-order valence-electron chi connectivity index (χ3n) is 3.45. The van der Waals surface area contributed by atoms with Gasteiger partial charge in [-0.2, -0.15) is 0 Å². The van der Waals surface area contributed by atoms with E-state index in [4.69, 9.17) is 5.73 Å². The van der Waals surface area contributed by atoms with Crippen LogP contribution in [0.2, 0.25) is 0 Å². The number of benzene rings is 2. The maximum atomic E-state index is 12.6. The Labute approximate surface area is 126 Å². The molecule has 0 radical (unpaired) electrons. The molecular weight excluding hydrogens is 284 g/mol. The number of sulfonamides is 1. The first-order chi connectivity index (χ1) is 9.70. The number of aryl methyl sites for hydroxylation is 3. The number of hydrogen-bond acceptors (Lipinski definition) is 3. The van der Waals surface area contributed by atoms with Crippen molar-refractivity contribution in [3.63, 3.8) is 0 Å². The van der Waals surface area contributed by atoms with Crippen LogP contribution in [0.1, 0.15) is 22.3 Å². The summed E-state index contributed by atoms with van der Waals surface area (Å²) in [5.74, 6) is 0. The highest BCUT2D eigenvalue weighted by atomic mass is 32.2. The Morgan fingerprint density at radius 2 is 1.52 bits per heavy atom. The van der Waals surface area contributed by atoms with E-state index in [-0.39, 0.29) is 10.6 Å². The van der Waals surface area contributed by atoms with E-state index >= 15 is 0 Å². The first kappa shape index (κ1) is 15.4. The highest BCUT2D eigenvalue weighted by molar-refractivity contribution is 7.93. The summed E-state index contributed by atoms with van der Waals surface area (Å²) < 4.78 is 27.9. The molecule has 3 N–H and O–H groups in total. The van der Waals surface area contributed by atoms with Gasteiger partial charge in [0.1, 0.15) is 4.90 Å². The Hall–Kier alpha value is -2.01. The summed E-state index contributed by atoms with van der Waals surface area (Å²) in [4.78, 5) is 0.154. The fraction of sp³-hybridized carbons (Fsp3) is 0.250. The van der Waals surface area contributed by atoms with Gasteiger partial charge in [-0.15, -0.1) is 0 Å². The van der Waals surface area contributed by atoms with Crippen LogP contribution in [0.25, 0.3) is 0 Å². The normalized spacial score (nSPS) is 11.4. The van der Waals surface area contributed by atoms with Gasteiger partial charge in [0.05, 0.1) is 5.69 Å². The summed E-state index contributed by atoms with van der Waals surface area (Å²) in [6.07, 6.45) is 0. The lowest BCUT2D eigenvalue weighted by molar-refractivity contribution is 0.601. The van der Waals surface area contributed by atoms with Crippen LogP contribution in [-0.2, 0) is 10.0 Å². The van der Waals surface area contributed by atoms with Gasteiger partial charge in [-0.05, 0) is 68.1 Å². The van der Waals surface area contributed by atoms with Crippen molar-refractivity contribution in [3.8, 4) is 0 Å². The van der Waals surface area contributed by atoms with Crippen LogP contribution in [0.3, 0.4) is 0 Å². The van der Waals surface area contributed by atoms with Crippen LogP contribution in [0.4, 0.5) is 11.4 Å². The molecule has 0 atom stereocenters. The second-order valence-corrected chi connectivity index (χ2v) is 7.03. The lowest BCUT2D eigenvalue weighted by Gasteiger charge is -2.15. The van der Waals surface area contributed by atoms with Crippen LogP contribution in [0.15, 0.2) is 35.2 Å². The second-order valence-electron chi connectivity index (χ2n) is 5.41. The van der Waals surface area contributed by atoms with Gasteiger partial charge in [0.25, 0.3) is 10.0 Å². The predicted molar refractivity (Wildman–Crippen MR) is 87.1 cm³/mol. The maximum absolute atomic E-state index is 12.6. The molecule has 0 heterocycles. The standard InChI is InChI=1S/C16H20N2O2S/c1-10-7-11(2)9-14(8-10)18-21(19,20)16-13(4)12(3)5-6-15(16)17/h5-9,18H,17H2,1-4H3. The number of nitrogen functional groups attached to an aromatic ring is 1. The molecule has 0 unspecified atom stereocenters. The molecule has 0 aliphatic rings. The van der Waals surface area contributed by atoms with Gasteiger partial charge in [0.2, 0.25) is 0 Å². The molecule has 21 heavy (non-hydrogen) atoms. The summed E-state index contributed by atoms with van der Waals surface area (Å²) in [6, 6.07) is 9.03. The first-order valence-corrected chi connectivity index (χ1v) is 8.16. The summed E-state index contributed by atoms with van der Waals surface area (Å²) in [5, 5.41) is 0. The average molecular weight is 304 g/mol. The van der Waals surface area contributed by atoms with Crippen molar-refractivity contribution in [2.45, 2.75) is 32.6 Å². The van der Waals surface area contributed by atoms with Gasteiger partial charge in [-0.1, -0.05) is 12.1 Å². The van der Waals surface area contributed by atoms with Crippen molar-refractivity contribution in [1.29, 1.82) is 0 Å². The van der Waals surface area contributed by atoms with Gasteiger partial charge in [0, 0.05) is 5.69 Å². The summed E-state index contributed by atoms with van der Waals surface area (Å²) in [6.45, 7) is 7.49. The Balaban J connectivity index is 2.51. The van der Waals surface area contributed by atoms with Crippen molar-refractivity contribution >= 4 is 21.4 Å². The Bertz CT molecular complexity index is 776. The molecule has 2 aromatic carbocycles. The summed E-state index contributed by atoms with van der Waals surface area (Å²) >= 11 is 0. The molecule has 0 aliphatic carbocycles. The lowest BCUT2D eigenvalue weighted by atomic mass is 10.1. The Kier molecular flexibility index (Phi) is 3.96. The minimum Gasteiger partial charge on any atom is -0.398 e. The third-order valence-corrected chi connectivity index (χ3v) is 5.03. The van der Waals surface area contributed by atoms with Gasteiger partial charge in [0.15, 0.2) is 0 Å². The minimum absolute atomic E-state index is 0.154. The smallest absolute Gasteiger partial charge is 0.264 e. The number of rotatable bonds is 3. The first-order valence-electron chi connectivity index (χ1n) is 6.67. The lowest BCUT2D eigenvalue weighted by Crippen LogP contribution is -2.17. The molecule has 0 aromatic heterocycles. The van der Waals surface area contributed by atoms with Gasteiger partial charge in [-0.3, -0.25) is 4.72 Å². The minimum atomic E-state index is -3.71. The largest absolute Gasteiger partial charge is 0.398 e. The maximum Gasteiger partial charge on any atom is 0.264 e. The van der Waals surface area contributed by atoms with E-state index in [2.05, 4.69) is 4.72 Å². The van der Waals surface area contributed by atoms with Crippen molar-refractivity contribution < 1.29 is 8.42 Å². The number of nitrogens with two attached hydrogens (primary N) is 1. The Morgan fingerprint density at radius 1 is 0.952 bits per heavy atom. The van der Waals surface area contributed by atoms with Gasteiger partial charge in [-0.25, -0.2) is 8.42 Å². The zero-order chi connectivity index (χ0) is 15.8. The Morgan fingerprint density at radius 3 is 2.10 bits per heavy atom. The van der Waals surface area contributed by atoms with E-state index in [0.29, 0.717) is 11.3 Å². The van der Waals surface area contributed by atoms with E-state index in [1.807, 2.05) is 32.9 Å². The van der Waals surface area contributed by atoms with Crippen LogP contribution >= 0.6 is 0 Å². The van der Waals surface area contributed by atoms with Crippen LogP contribution < -0.4 is 10.5 Å². The van der Waals surface area contributed by atoms with Crippen molar-refractivity contribution in [3.05, 3.63) is 52.6 Å². The zero-order valence-corrected chi connectivity index (χ0v) is 13.5. The van der Waals surface area contributed by atoms with Crippen molar-refractivity contribution in [2.24, 2.45) is 0 Å². The van der Waals surface area contributed by atoms with E-state index in [0.717, 1.165) is 16.7 Å². The highest BCUT2D eigenvalue weighted by Gasteiger charge is 2.21. The van der Waals surface area contributed by atoms with E-state index in [1.54, 1.807) is 25.1 Å². The number of nitrogens with one attached hydrogen (secondary N) is 1. The molecule has 0 aliphatic heterocycles. The molecule has 0 spiro atoms. The molecule has 5 heteroatoms. The van der Waals surface area contributed by atoms with Gasteiger partial charge >= 0.3 is 0 Å². The van der Waals surface area contributed by atoms with Gasteiger partial charge < -0.3 is 5.73 Å². The van der Waals surface area contributed by atoms with Crippen molar-refractivity contribution in [1.82, 2.24) is 0 Å². The zero-order valence-electron chi connectivity index (χ0n) is 12.7. The van der Waals surface area contributed by atoms with E-state index < -0.39 is 10.0 Å². The molecule has 4 nitrogen and oxygen atoms in total. The molecule has 0 saturated carbocycles. The van der Waals surface area contributed by atoms with Crippen molar-refractivity contribution in [2.75, 3.05) is 10.5 Å². The predicted octanol–water partition coefficient (Wildman–Crippen LogP) is 3.30. The fourth-order valence-electron chi connectivity index (χ4n) is 2.41. The summed E-state index contributed by atoms with van der Waals surface area (Å²) in [7, 11) is -3.71. The molecule has 0 amide bonds. The highest BCUT2D eigenvalue weighted by Crippen LogP contribution is 2.27. The van der Waals surface area contributed by atoms with E-state index in [9.17, 15) is 8.42 Å². The summed E-state index contributed by atoms with van der Waals surface area (Å²) in [5.41, 5.74) is 10.2. The van der Waals surface area contributed by atoms with Crippen LogP contribution in [0, 0.1) is 27.7 Å². The molecule has 2 rings (SSSR count). The molecule has 0 fully saturated rings. The third kappa shape index (κ3) is 3.19. The number of anilines is 2. The molecular formula is C16H20N2O2S. The molecule has 112 valence electrons. The SMILES string of the molecule is Cc1cc(C)cc(NS(=O)(=O)c2c(N)ccc(C)c2C)c1. The quantitative estimate of drug-likeness (QED) is 0.855. The average Bonchev–Trinajstić information content (AvgIpc) is 2.32. The second kappa shape index (κ2) is 5.41. The van der Waals surface area contributed by atoms with E-state index in [1.165, 1.54) is 0 Å². The molecule has 2 aromatic rings. The number of hydrogen-bond donors (Lipinski definition) is 2. The fourth-order valence-corrected chi connectivity index (χ4v) is 3.88. The van der Waals surface area contributed by atoms with Crippen LogP contribution in [-0.4, -0.2) is 8.42 Å². The molecule has 0 bridgehead atoms. The van der Waals surface area contributed by atoms with Crippen LogP contribution in [0.5, 0.6) is 0 Å². The monoisotopic (exact) mass is 304 g/mol. The topological polar surface area (TPSA) is 72.2 Å².